The summed E-state index contributed by atoms with van der Waals surface area (Å²) in [6, 6.07) is 4.73. The van der Waals surface area contributed by atoms with Crippen molar-refractivity contribution in [1.29, 1.82) is 0 Å². The molecule has 0 aliphatic carbocycles. The highest BCUT2D eigenvalue weighted by molar-refractivity contribution is 9.08. The van der Waals surface area contributed by atoms with Crippen LogP contribution in [0.3, 0.4) is 0 Å². The Morgan fingerprint density at radius 3 is 2.73 bits per heavy atom. The predicted octanol–water partition coefficient (Wildman–Crippen LogP) is 2.01. The van der Waals surface area contributed by atoms with Crippen LogP contribution in [0.25, 0.3) is 0 Å². The van der Waals surface area contributed by atoms with Crippen LogP contribution in [0.4, 0.5) is 10.1 Å². The lowest BCUT2D eigenvalue weighted by atomic mass is 10.2. The van der Waals surface area contributed by atoms with Crippen LogP contribution in [0, 0.1) is 5.82 Å². The van der Waals surface area contributed by atoms with Gasteiger partial charge >= 0.3 is 0 Å². The van der Waals surface area contributed by atoms with E-state index in [4.69, 9.17) is 5.84 Å². The van der Waals surface area contributed by atoms with Crippen LogP contribution in [0.15, 0.2) is 18.2 Å². The smallest absolute Gasteiger partial charge is 0.129 e. The molecule has 2 nitrogen and oxygen atoms in total. The maximum absolute atomic E-state index is 12.9. The van der Waals surface area contributed by atoms with Crippen molar-refractivity contribution in [3.8, 4) is 0 Å². The fourth-order valence-corrected chi connectivity index (χ4v) is 1.40. The third kappa shape index (κ3) is 1.70. The van der Waals surface area contributed by atoms with E-state index < -0.39 is 0 Å². The molecule has 0 saturated heterocycles. The van der Waals surface area contributed by atoms with E-state index in [1.165, 1.54) is 6.07 Å². The summed E-state index contributed by atoms with van der Waals surface area (Å²) in [7, 11) is 0. The first kappa shape index (κ1) is 8.49. The van der Waals surface area contributed by atoms with Gasteiger partial charge in [-0.3, -0.25) is 5.84 Å². The number of hydrazine groups is 1. The minimum Gasteiger partial charge on any atom is -0.324 e. The van der Waals surface area contributed by atoms with E-state index in [-0.39, 0.29) is 5.82 Å². The minimum atomic E-state index is -0.252. The second-order valence-electron chi connectivity index (χ2n) is 2.04. The summed E-state index contributed by atoms with van der Waals surface area (Å²) in [5, 5.41) is 0.458. The molecule has 11 heavy (non-hydrogen) atoms. The lowest BCUT2D eigenvalue weighted by molar-refractivity contribution is 0.618. The molecule has 0 spiro atoms. The topological polar surface area (TPSA) is 38.0 Å². The molecule has 0 aliphatic heterocycles. The zero-order valence-electron chi connectivity index (χ0n) is 5.77. The van der Waals surface area contributed by atoms with E-state index in [9.17, 15) is 4.39 Å². The molecule has 4 heteroatoms. The average Bonchev–Trinajstić information content (AvgIpc) is 2.04. The van der Waals surface area contributed by atoms with E-state index in [1.54, 1.807) is 12.1 Å². The van der Waals surface area contributed by atoms with Gasteiger partial charge in [0.1, 0.15) is 5.82 Å². The third-order valence-electron chi connectivity index (χ3n) is 1.41. The van der Waals surface area contributed by atoms with Crippen molar-refractivity contribution in [2.75, 3.05) is 5.43 Å². The molecule has 0 aliphatic rings. The molecule has 0 atom stereocenters. The van der Waals surface area contributed by atoms with E-state index in [1.807, 2.05) is 0 Å². The Labute approximate surface area is 72.7 Å². The fourth-order valence-electron chi connectivity index (χ4n) is 0.830. The summed E-state index contributed by atoms with van der Waals surface area (Å²) in [5.41, 5.74) is 3.58. The normalized spacial score (nSPS) is 9.73. The molecule has 1 rings (SSSR count). The number of nitrogens with two attached hydrogens (primary N) is 1. The molecule has 0 heterocycles. The van der Waals surface area contributed by atoms with Gasteiger partial charge in [-0.2, -0.15) is 0 Å². The summed E-state index contributed by atoms with van der Waals surface area (Å²) >= 11 is 3.16. The molecule has 0 fully saturated rings. The summed E-state index contributed by atoms with van der Waals surface area (Å²) in [4.78, 5) is 0. The SMILES string of the molecule is NNc1cccc(F)c1CBr. The lowest BCUT2D eigenvalue weighted by Gasteiger charge is -2.05. The first-order valence-electron chi connectivity index (χ1n) is 3.09. The van der Waals surface area contributed by atoms with E-state index in [2.05, 4.69) is 21.4 Å². The van der Waals surface area contributed by atoms with Crippen LogP contribution in [0.2, 0.25) is 0 Å². The number of hydrogen-bond acceptors (Lipinski definition) is 2. The van der Waals surface area contributed by atoms with Gasteiger partial charge in [0.2, 0.25) is 0 Å². The third-order valence-corrected chi connectivity index (χ3v) is 1.97. The molecular weight excluding hydrogens is 211 g/mol. The van der Waals surface area contributed by atoms with E-state index in [0.717, 1.165) is 0 Å². The molecule has 1 aromatic carbocycles. The summed E-state index contributed by atoms with van der Waals surface area (Å²) < 4.78 is 12.9. The van der Waals surface area contributed by atoms with Crippen molar-refractivity contribution in [3.05, 3.63) is 29.6 Å². The first-order chi connectivity index (χ1) is 5.29. The largest absolute Gasteiger partial charge is 0.324 e. The van der Waals surface area contributed by atoms with Gasteiger partial charge in [-0.15, -0.1) is 0 Å². The number of benzene rings is 1. The van der Waals surface area contributed by atoms with Crippen molar-refractivity contribution in [1.82, 2.24) is 0 Å². The Morgan fingerprint density at radius 2 is 2.27 bits per heavy atom. The Bertz CT molecular complexity index is 252. The van der Waals surface area contributed by atoms with Gasteiger partial charge in [0.05, 0.1) is 5.69 Å². The standard InChI is InChI=1S/C7H8BrFN2/c8-4-5-6(9)2-1-3-7(5)11-10/h1-3,11H,4,10H2. The van der Waals surface area contributed by atoms with Gasteiger partial charge < -0.3 is 5.43 Å². The van der Waals surface area contributed by atoms with Gasteiger partial charge in [0.15, 0.2) is 0 Å². The van der Waals surface area contributed by atoms with E-state index in [0.29, 0.717) is 16.6 Å². The van der Waals surface area contributed by atoms with Crippen LogP contribution in [-0.4, -0.2) is 0 Å². The number of rotatable bonds is 2. The molecule has 0 amide bonds. The minimum absolute atomic E-state index is 0.252. The second kappa shape index (κ2) is 3.69. The van der Waals surface area contributed by atoms with Gasteiger partial charge in [-0.05, 0) is 12.1 Å². The monoisotopic (exact) mass is 218 g/mol. The number of alkyl halides is 1. The quantitative estimate of drug-likeness (QED) is 0.453. The van der Waals surface area contributed by atoms with Crippen molar-refractivity contribution < 1.29 is 4.39 Å². The van der Waals surface area contributed by atoms with Gasteiger partial charge in [0.25, 0.3) is 0 Å². The molecule has 0 bridgehead atoms. The highest BCUT2D eigenvalue weighted by Gasteiger charge is 2.04. The highest BCUT2D eigenvalue weighted by Crippen LogP contribution is 2.20. The molecule has 0 unspecified atom stereocenters. The van der Waals surface area contributed by atoms with Crippen LogP contribution in [0.5, 0.6) is 0 Å². The molecule has 3 N–H and O–H groups in total. The Morgan fingerprint density at radius 1 is 1.55 bits per heavy atom. The molecule has 0 saturated carbocycles. The summed E-state index contributed by atoms with van der Waals surface area (Å²) in [5.74, 6) is 4.91. The lowest BCUT2D eigenvalue weighted by Crippen LogP contribution is -2.09. The number of nitrogens with one attached hydrogen (secondary N) is 1. The van der Waals surface area contributed by atoms with Crippen molar-refractivity contribution in [2.45, 2.75) is 5.33 Å². The molecule has 0 radical (unpaired) electrons. The maximum Gasteiger partial charge on any atom is 0.129 e. The van der Waals surface area contributed by atoms with Crippen LogP contribution >= 0.6 is 15.9 Å². The highest BCUT2D eigenvalue weighted by atomic mass is 79.9. The zero-order valence-corrected chi connectivity index (χ0v) is 7.36. The van der Waals surface area contributed by atoms with Crippen molar-refractivity contribution in [3.63, 3.8) is 0 Å². The average molecular weight is 219 g/mol. The first-order valence-corrected chi connectivity index (χ1v) is 4.21. The van der Waals surface area contributed by atoms with Gasteiger partial charge in [-0.1, -0.05) is 22.0 Å². The van der Waals surface area contributed by atoms with E-state index >= 15 is 0 Å². The Balaban J connectivity index is 3.13. The second-order valence-corrected chi connectivity index (χ2v) is 2.60. The Hall–Kier alpha value is -0.610. The molecule has 60 valence electrons. The number of hydrogen-bond donors (Lipinski definition) is 2. The molecule has 1 aromatic rings. The zero-order chi connectivity index (χ0) is 8.27. The van der Waals surface area contributed by atoms with Gasteiger partial charge in [0, 0.05) is 10.9 Å². The molecular formula is C7H8BrFN2. The Kier molecular flexibility index (Phi) is 2.84. The molecule has 0 aromatic heterocycles. The van der Waals surface area contributed by atoms with Crippen LogP contribution in [0.1, 0.15) is 5.56 Å². The number of nitrogen functional groups attached to an aromatic ring is 1. The van der Waals surface area contributed by atoms with Crippen molar-refractivity contribution in [2.24, 2.45) is 5.84 Å². The van der Waals surface area contributed by atoms with Crippen molar-refractivity contribution >= 4 is 21.6 Å². The fraction of sp³-hybridized carbons (Fsp3) is 0.143. The predicted molar refractivity (Wildman–Crippen MR) is 46.8 cm³/mol. The van der Waals surface area contributed by atoms with Crippen LogP contribution in [-0.2, 0) is 5.33 Å². The van der Waals surface area contributed by atoms with Gasteiger partial charge in [-0.25, -0.2) is 4.39 Å². The summed E-state index contributed by atoms with van der Waals surface area (Å²) in [6.45, 7) is 0. The maximum atomic E-state index is 12.9. The summed E-state index contributed by atoms with van der Waals surface area (Å²) in [6.07, 6.45) is 0. The van der Waals surface area contributed by atoms with Crippen LogP contribution < -0.4 is 11.3 Å². The number of halogens is 2. The number of anilines is 1.